The maximum Gasteiger partial charge on any atom is 0.233 e. The Morgan fingerprint density at radius 2 is 2.17 bits per heavy atom. The third kappa shape index (κ3) is 7.49. The fraction of sp³-hybridized carbons (Fsp3) is 0.800. The molecule has 0 radical (unpaired) electrons. The van der Waals surface area contributed by atoms with Crippen LogP contribution in [0.1, 0.15) is 58.3 Å². The standard InChI is InChI=1S/C15H28N2O/c1-2-3-7-11-17-15(18)13-16-12-10-14-8-5-4-6-9-14/h8,16H,2-7,9-13H2,1H3,(H,17,18). The van der Waals surface area contributed by atoms with E-state index in [1.54, 1.807) is 5.57 Å². The first-order chi connectivity index (χ1) is 8.83. The minimum atomic E-state index is 0.128. The molecule has 0 heterocycles. The molecular formula is C15H28N2O. The Morgan fingerprint density at radius 1 is 1.28 bits per heavy atom. The van der Waals surface area contributed by atoms with Crippen molar-refractivity contribution in [1.29, 1.82) is 0 Å². The summed E-state index contributed by atoms with van der Waals surface area (Å²) in [4.78, 5) is 11.5. The number of nitrogens with one attached hydrogen (secondary N) is 2. The normalized spacial score (nSPS) is 15.3. The van der Waals surface area contributed by atoms with Gasteiger partial charge in [0.05, 0.1) is 6.54 Å². The van der Waals surface area contributed by atoms with Gasteiger partial charge in [-0.25, -0.2) is 0 Å². The van der Waals surface area contributed by atoms with E-state index in [1.807, 2.05) is 0 Å². The summed E-state index contributed by atoms with van der Waals surface area (Å²) in [5.74, 6) is 0.128. The molecule has 0 saturated carbocycles. The molecule has 0 atom stereocenters. The van der Waals surface area contributed by atoms with Gasteiger partial charge in [0.15, 0.2) is 0 Å². The van der Waals surface area contributed by atoms with Crippen LogP contribution in [0, 0.1) is 0 Å². The Kier molecular flexibility index (Phi) is 8.57. The number of allylic oxidation sites excluding steroid dienone is 1. The predicted molar refractivity (Wildman–Crippen MR) is 76.6 cm³/mol. The van der Waals surface area contributed by atoms with E-state index in [0.29, 0.717) is 6.54 Å². The van der Waals surface area contributed by atoms with Crippen molar-refractivity contribution >= 4 is 5.91 Å². The summed E-state index contributed by atoms with van der Waals surface area (Å²) in [6.07, 6.45) is 12.1. The van der Waals surface area contributed by atoms with Crippen LogP contribution in [-0.4, -0.2) is 25.5 Å². The molecule has 0 bridgehead atoms. The molecule has 2 N–H and O–H groups in total. The van der Waals surface area contributed by atoms with Gasteiger partial charge < -0.3 is 10.6 Å². The van der Waals surface area contributed by atoms with E-state index in [0.717, 1.165) is 25.9 Å². The number of unbranched alkanes of at least 4 members (excludes halogenated alkanes) is 2. The summed E-state index contributed by atoms with van der Waals surface area (Å²) in [6, 6.07) is 0. The van der Waals surface area contributed by atoms with E-state index in [2.05, 4.69) is 23.6 Å². The lowest BCUT2D eigenvalue weighted by Crippen LogP contribution is -2.34. The highest BCUT2D eigenvalue weighted by molar-refractivity contribution is 5.77. The lowest BCUT2D eigenvalue weighted by Gasteiger charge is -2.12. The maximum absolute atomic E-state index is 11.5. The van der Waals surface area contributed by atoms with Crippen LogP contribution in [0.4, 0.5) is 0 Å². The third-order valence-electron chi connectivity index (χ3n) is 3.40. The van der Waals surface area contributed by atoms with Gasteiger partial charge in [-0.2, -0.15) is 0 Å². The van der Waals surface area contributed by atoms with E-state index in [9.17, 15) is 4.79 Å². The zero-order valence-electron chi connectivity index (χ0n) is 11.8. The molecule has 1 amide bonds. The molecule has 1 aliphatic carbocycles. The molecule has 0 aliphatic heterocycles. The summed E-state index contributed by atoms with van der Waals surface area (Å²) in [7, 11) is 0. The first kappa shape index (κ1) is 15.2. The van der Waals surface area contributed by atoms with Gasteiger partial charge in [-0.1, -0.05) is 31.4 Å². The average molecular weight is 252 g/mol. The molecule has 1 aliphatic rings. The number of carbonyl (C=O) groups excluding carboxylic acids is 1. The quantitative estimate of drug-likeness (QED) is 0.489. The number of rotatable bonds is 9. The van der Waals surface area contributed by atoms with E-state index >= 15 is 0 Å². The lowest BCUT2D eigenvalue weighted by molar-refractivity contribution is -0.120. The zero-order valence-corrected chi connectivity index (χ0v) is 11.8. The Hall–Kier alpha value is -0.830. The van der Waals surface area contributed by atoms with Crippen molar-refractivity contribution in [3.63, 3.8) is 0 Å². The minimum absolute atomic E-state index is 0.128. The number of carbonyl (C=O) groups is 1. The van der Waals surface area contributed by atoms with Gasteiger partial charge in [-0.3, -0.25) is 4.79 Å². The van der Waals surface area contributed by atoms with Crippen LogP contribution >= 0.6 is 0 Å². The highest BCUT2D eigenvalue weighted by Gasteiger charge is 2.04. The summed E-state index contributed by atoms with van der Waals surface area (Å²) in [5.41, 5.74) is 1.57. The Morgan fingerprint density at radius 3 is 2.89 bits per heavy atom. The van der Waals surface area contributed by atoms with Gasteiger partial charge in [-0.15, -0.1) is 0 Å². The van der Waals surface area contributed by atoms with Crippen LogP contribution in [0.25, 0.3) is 0 Å². The smallest absolute Gasteiger partial charge is 0.233 e. The highest BCUT2D eigenvalue weighted by atomic mass is 16.1. The van der Waals surface area contributed by atoms with Crippen LogP contribution in [0.3, 0.4) is 0 Å². The topological polar surface area (TPSA) is 41.1 Å². The van der Waals surface area contributed by atoms with Crippen molar-refractivity contribution in [2.24, 2.45) is 0 Å². The van der Waals surface area contributed by atoms with Crippen molar-refractivity contribution in [3.05, 3.63) is 11.6 Å². The van der Waals surface area contributed by atoms with E-state index in [4.69, 9.17) is 0 Å². The Labute approximate surface area is 111 Å². The molecule has 0 aromatic rings. The first-order valence-electron chi connectivity index (χ1n) is 7.48. The van der Waals surface area contributed by atoms with Crippen molar-refractivity contribution in [2.75, 3.05) is 19.6 Å². The molecule has 0 unspecified atom stereocenters. The van der Waals surface area contributed by atoms with Crippen LogP contribution in [0.15, 0.2) is 11.6 Å². The van der Waals surface area contributed by atoms with Gasteiger partial charge in [0.1, 0.15) is 0 Å². The second-order valence-electron chi connectivity index (χ2n) is 5.09. The zero-order chi connectivity index (χ0) is 13.1. The predicted octanol–water partition coefficient (Wildman–Crippen LogP) is 2.77. The largest absolute Gasteiger partial charge is 0.355 e. The number of amides is 1. The van der Waals surface area contributed by atoms with E-state index in [-0.39, 0.29) is 5.91 Å². The van der Waals surface area contributed by atoms with Crippen LogP contribution in [-0.2, 0) is 4.79 Å². The molecule has 104 valence electrons. The van der Waals surface area contributed by atoms with Gasteiger partial charge in [0, 0.05) is 6.54 Å². The SMILES string of the molecule is CCCCCNC(=O)CNCCC1=CCCCC1. The lowest BCUT2D eigenvalue weighted by atomic mass is 9.97. The summed E-state index contributed by atoms with van der Waals surface area (Å²) >= 11 is 0. The summed E-state index contributed by atoms with van der Waals surface area (Å²) < 4.78 is 0. The number of hydrogen-bond donors (Lipinski definition) is 2. The van der Waals surface area contributed by atoms with Gasteiger partial charge in [-0.05, 0) is 45.1 Å². The van der Waals surface area contributed by atoms with Crippen LogP contribution < -0.4 is 10.6 Å². The molecule has 0 fully saturated rings. The average Bonchev–Trinajstić information content (AvgIpc) is 2.41. The second-order valence-corrected chi connectivity index (χ2v) is 5.09. The third-order valence-corrected chi connectivity index (χ3v) is 3.40. The van der Waals surface area contributed by atoms with Gasteiger partial charge in [0.2, 0.25) is 5.91 Å². The maximum atomic E-state index is 11.5. The minimum Gasteiger partial charge on any atom is -0.355 e. The summed E-state index contributed by atoms with van der Waals surface area (Å²) in [5, 5.41) is 6.16. The van der Waals surface area contributed by atoms with Crippen molar-refractivity contribution < 1.29 is 4.79 Å². The van der Waals surface area contributed by atoms with Crippen molar-refractivity contribution in [3.8, 4) is 0 Å². The van der Waals surface area contributed by atoms with Gasteiger partial charge >= 0.3 is 0 Å². The molecular weight excluding hydrogens is 224 g/mol. The van der Waals surface area contributed by atoms with E-state index in [1.165, 1.54) is 38.5 Å². The molecule has 1 rings (SSSR count). The second kappa shape index (κ2) is 10.1. The Bertz CT molecular complexity index is 261. The summed E-state index contributed by atoms with van der Waals surface area (Å²) in [6.45, 7) is 4.37. The Balaban J connectivity index is 1.93. The highest BCUT2D eigenvalue weighted by Crippen LogP contribution is 2.19. The number of hydrogen-bond acceptors (Lipinski definition) is 2. The van der Waals surface area contributed by atoms with Gasteiger partial charge in [0.25, 0.3) is 0 Å². The van der Waals surface area contributed by atoms with Crippen molar-refractivity contribution in [2.45, 2.75) is 58.3 Å². The van der Waals surface area contributed by atoms with Crippen molar-refractivity contribution in [1.82, 2.24) is 10.6 Å². The molecule has 0 aromatic carbocycles. The van der Waals surface area contributed by atoms with Crippen LogP contribution in [0.5, 0.6) is 0 Å². The monoisotopic (exact) mass is 252 g/mol. The molecule has 0 spiro atoms. The fourth-order valence-corrected chi connectivity index (χ4v) is 2.25. The molecule has 0 aromatic heterocycles. The van der Waals surface area contributed by atoms with Crippen LogP contribution in [0.2, 0.25) is 0 Å². The molecule has 3 heteroatoms. The molecule has 18 heavy (non-hydrogen) atoms. The first-order valence-corrected chi connectivity index (χ1v) is 7.48. The van der Waals surface area contributed by atoms with E-state index < -0.39 is 0 Å². The molecule has 3 nitrogen and oxygen atoms in total. The fourth-order valence-electron chi connectivity index (χ4n) is 2.25. The molecule has 0 saturated heterocycles.